The number of rotatable bonds is 5. The van der Waals surface area contributed by atoms with Gasteiger partial charge in [-0.25, -0.2) is 4.98 Å². The molecule has 1 aliphatic rings. The van der Waals surface area contributed by atoms with Gasteiger partial charge in [-0.2, -0.15) is 0 Å². The number of benzene rings is 2. The average Bonchev–Trinajstić information content (AvgIpc) is 3.08. The van der Waals surface area contributed by atoms with Gasteiger partial charge in [0, 0.05) is 17.4 Å². The minimum absolute atomic E-state index is 0.141. The summed E-state index contributed by atoms with van der Waals surface area (Å²) in [5.41, 5.74) is 9.48. The number of nitrogens with zero attached hydrogens (tertiary/aromatic N) is 1. The van der Waals surface area contributed by atoms with Crippen molar-refractivity contribution in [2.45, 2.75) is 18.9 Å². The van der Waals surface area contributed by atoms with Crippen molar-refractivity contribution in [2.24, 2.45) is 5.73 Å². The molecular weight excluding hydrogens is 360 g/mol. The first-order chi connectivity index (χ1) is 13.2. The van der Waals surface area contributed by atoms with E-state index < -0.39 is 0 Å². The smallest absolute Gasteiger partial charge is 0.161 e. The van der Waals surface area contributed by atoms with E-state index in [0.717, 1.165) is 51.9 Å². The fourth-order valence-electron chi connectivity index (χ4n) is 3.02. The van der Waals surface area contributed by atoms with E-state index in [9.17, 15) is 0 Å². The van der Waals surface area contributed by atoms with Gasteiger partial charge in [0.05, 0.1) is 32.1 Å². The second-order valence-corrected chi connectivity index (χ2v) is 7.33. The molecule has 0 bridgehead atoms. The molecule has 1 aliphatic heterocycles. The minimum Gasteiger partial charge on any atom is -0.497 e. The van der Waals surface area contributed by atoms with Crippen LogP contribution in [0.3, 0.4) is 0 Å². The molecule has 2 N–H and O–H groups in total. The third kappa shape index (κ3) is 4.07. The number of thiazole rings is 1. The predicted molar refractivity (Wildman–Crippen MR) is 107 cm³/mol. The van der Waals surface area contributed by atoms with Crippen LogP contribution in [-0.2, 0) is 6.42 Å². The van der Waals surface area contributed by atoms with E-state index >= 15 is 0 Å². The summed E-state index contributed by atoms with van der Waals surface area (Å²) in [4.78, 5) is 4.76. The zero-order chi connectivity index (χ0) is 18.6. The van der Waals surface area contributed by atoms with Gasteiger partial charge < -0.3 is 19.9 Å². The number of fused-ring (bicyclic) bond motifs is 1. The topological polar surface area (TPSA) is 66.6 Å². The molecule has 1 atom stereocenters. The molecule has 0 aliphatic carbocycles. The highest BCUT2D eigenvalue weighted by atomic mass is 32.1. The normalized spacial score (nSPS) is 14.4. The van der Waals surface area contributed by atoms with Crippen molar-refractivity contribution in [2.75, 3.05) is 20.3 Å². The van der Waals surface area contributed by atoms with Crippen LogP contribution < -0.4 is 19.9 Å². The Morgan fingerprint density at radius 2 is 1.89 bits per heavy atom. The van der Waals surface area contributed by atoms with Crippen LogP contribution in [0.4, 0.5) is 0 Å². The molecule has 27 heavy (non-hydrogen) atoms. The van der Waals surface area contributed by atoms with Gasteiger partial charge in [0.25, 0.3) is 0 Å². The molecule has 4 rings (SSSR count). The van der Waals surface area contributed by atoms with E-state index in [-0.39, 0.29) is 6.04 Å². The lowest BCUT2D eigenvalue weighted by atomic mass is 10.1. The van der Waals surface area contributed by atoms with Crippen LogP contribution in [0, 0.1) is 0 Å². The maximum atomic E-state index is 6.39. The number of hydrogen-bond donors (Lipinski definition) is 1. The van der Waals surface area contributed by atoms with Gasteiger partial charge in [-0.15, -0.1) is 11.3 Å². The van der Waals surface area contributed by atoms with Crippen LogP contribution in [0.5, 0.6) is 17.2 Å². The number of aromatic nitrogens is 1. The summed E-state index contributed by atoms with van der Waals surface area (Å²) in [5, 5.41) is 2.97. The van der Waals surface area contributed by atoms with Crippen LogP contribution in [0.2, 0.25) is 0 Å². The summed E-state index contributed by atoms with van der Waals surface area (Å²) < 4.78 is 16.7. The van der Waals surface area contributed by atoms with Gasteiger partial charge in [0.2, 0.25) is 0 Å². The summed E-state index contributed by atoms with van der Waals surface area (Å²) >= 11 is 1.59. The molecule has 0 spiro atoms. The Balaban J connectivity index is 1.50. The molecule has 0 saturated heterocycles. The molecule has 2 aromatic carbocycles. The Hall–Kier alpha value is -2.57. The molecule has 0 saturated carbocycles. The van der Waals surface area contributed by atoms with Crippen LogP contribution in [-0.4, -0.2) is 25.3 Å². The van der Waals surface area contributed by atoms with Crippen LogP contribution in [0.1, 0.15) is 23.0 Å². The van der Waals surface area contributed by atoms with Crippen LogP contribution in [0.25, 0.3) is 11.3 Å². The monoisotopic (exact) mass is 382 g/mol. The molecule has 0 amide bonds. The van der Waals surface area contributed by atoms with E-state index in [1.807, 2.05) is 47.8 Å². The van der Waals surface area contributed by atoms with Crippen molar-refractivity contribution in [1.29, 1.82) is 0 Å². The van der Waals surface area contributed by atoms with Crippen LogP contribution >= 0.6 is 11.3 Å². The highest BCUT2D eigenvalue weighted by molar-refractivity contribution is 7.10. The first-order valence-corrected chi connectivity index (χ1v) is 9.85. The number of ether oxygens (including phenoxy) is 3. The Morgan fingerprint density at radius 1 is 1.11 bits per heavy atom. The number of nitrogens with two attached hydrogens (primary N) is 1. The fourth-order valence-corrected chi connectivity index (χ4v) is 3.85. The van der Waals surface area contributed by atoms with Crippen molar-refractivity contribution in [3.8, 4) is 28.5 Å². The molecule has 2 heterocycles. The minimum atomic E-state index is -0.141. The van der Waals surface area contributed by atoms with E-state index in [0.29, 0.717) is 13.2 Å². The van der Waals surface area contributed by atoms with E-state index in [2.05, 4.69) is 0 Å². The molecule has 5 nitrogen and oxygen atoms in total. The SMILES string of the molecule is COc1ccc(CC(N)c2nc(-c3ccc4c(c3)OCCCO4)cs2)cc1. The molecule has 1 unspecified atom stereocenters. The second-order valence-electron chi connectivity index (χ2n) is 6.44. The standard InChI is InChI=1S/C21H22N2O3S/c1-24-16-6-3-14(4-7-16)11-17(22)21-23-18(13-27-21)15-5-8-19-20(12-15)26-10-2-9-25-19/h3-8,12-13,17H,2,9-11,22H2,1H3. The molecule has 3 aromatic rings. The maximum absolute atomic E-state index is 6.39. The second kappa shape index (κ2) is 7.98. The van der Waals surface area contributed by atoms with Gasteiger partial charge in [-0.05, 0) is 42.3 Å². The maximum Gasteiger partial charge on any atom is 0.161 e. The largest absolute Gasteiger partial charge is 0.497 e. The zero-order valence-corrected chi connectivity index (χ0v) is 16.0. The van der Waals surface area contributed by atoms with Gasteiger partial charge in [0.15, 0.2) is 11.5 Å². The van der Waals surface area contributed by atoms with E-state index in [4.69, 9.17) is 24.9 Å². The summed E-state index contributed by atoms with van der Waals surface area (Å²) in [6, 6.07) is 13.8. The van der Waals surface area contributed by atoms with Gasteiger partial charge in [-0.3, -0.25) is 0 Å². The predicted octanol–water partition coefficient (Wildman–Crippen LogP) is 4.22. The van der Waals surface area contributed by atoms with E-state index in [1.165, 1.54) is 0 Å². The summed E-state index contributed by atoms with van der Waals surface area (Å²) in [5.74, 6) is 2.42. The Kier molecular flexibility index (Phi) is 5.27. The van der Waals surface area contributed by atoms with Gasteiger partial charge >= 0.3 is 0 Å². The Labute approximate surface area is 162 Å². The van der Waals surface area contributed by atoms with Gasteiger partial charge in [-0.1, -0.05) is 12.1 Å². The Morgan fingerprint density at radius 3 is 2.67 bits per heavy atom. The van der Waals surface area contributed by atoms with E-state index in [1.54, 1.807) is 18.4 Å². The molecule has 1 aromatic heterocycles. The lowest BCUT2D eigenvalue weighted by Gasteiger charge is -2.10. The fraction of sp³-hybridized carbons (Fsp3) is 0.286. The van der Waals surface area contributed by atoms with Crippen molar-refractivity contribution >= 4 is 11.3 Å². The summed E-state index contributed by atoms with van der Waals surface area (Å²) in [6.45, 7) is 1.36. The highest BCUT2D eigenvalue weighted by Gasteiger charge is 2.16. The average molecular weight is 382 g/mol. The Bertz CT molecular complexity index is 908. The van der Waals surface area contributed by atoms with Gasteiger partial charge in [0.1, 0.15) is 10.8 Å². The van der Waals surface area contributed by atoms with Crippen molar-refractivity contribution in [3.05, 3.63) is 58.4 Å². The highest BCUT2D eigenvalue weighted by Crippen LogP contribution is 2.35. The van der Waals surface area contributed by atoms with Crippen LogP contribution in [0.15, 0.2) is 47.8 Å². The molecule has 0 radical (unpaired) electrons. The lowest BCUT2D eigenvalue weighted by molar-refractivity contribution is 0.297. The van der Waals surface area contributed by atoms with Crippen molar-refractivity contribution in [3.63, 3.8) is 0 Å². The molecule has 0 fully saturated rings. The number of hydrogen-bond acceptors (Lipinski definition) is 6. The molecule has 140 valence electrons. The zero-order valence-electron chi connectivity index (χ0n) is 15.2. The number of methoxy groups -OCH3 is 1. The first-order valence-electron chi connectivity index (χ1n) is 8.97. The third-order valence-electron chi connectivity index (χ3n) is 4.50. The molecular formula is C21H22N2O3S. The quantitative estimate of drug-likeness (QED) is 0.716. The summed E-state index contributed by atoms with van der Waals surface area (Å²) in [6.07, 6.45) is 1.63. The van der Waals surface area contributed by atoms with Crippen molar-refractivity contribution in [1.82, 2.24) is 4.98 Å². The first kappa shape index (κ1) is 17.8. The summed E-state index contributed by atoms with van der Waals surface area (Å²) in [7, 11) is 1.66. The third-order valence-corrected chi connectivity index (χ3v) is 5.47. The van der Waals surface area contributed by atoms with Crippen molar-refractivity contribution < 1.29 is 14.2 Å². The lowest BCUT2D eigenvalue weighted by Crippen LogP contribution is -2.13. The molecule has 6 heteroatoms.